The standard InChI is InChI=1S/C27H32ClN5O/c1-4-5-6-7-8-19-34-27-18-15-24(20-26(27)28)32-31-22-11-9-21(10-12-22)29-30-23-13-16-25(17-14-23)33(2)3/h9-18,20H,4-8,19H2,1-3H3. The van der Waals surface area contributed by atoms with E-state index in [4.69, 9.17) is 16.3 Å². The van der Waals surface area contributed by atoms with Gasteiger partial charge in [0.25, 0.3) is 0 Å². The molecule has 3 aromatic rings. The lowest BCUT2D eigenvalue weighted by atomic mass is 10.2. The van der Waals surface area contributed by atoms with Crippen LogP contribution in [-0.4, -0.2) is 20.7 Å². The van der Waals surface area contributed by atoms with E-state index in [2.05, 4.69) is 27.4 Å². The number of hydrogen-bond acceptors (Lipinski definition) is 6. The first-order chi connectivity index (χ1) is 16.5. The van der Waals surface area contributed by atoms with Crippen LogP contribution in [0.25, 0.3) is 0 Å². The molecule has 0 radical (unpaired) electrons. The molecule has 178 valence electrons. The molecule has 0 aliphatic rings. The second-order valence-electron chi connectivity index (χ2n) is 8.20. The minimum atomic E-state index is 0.541. The van der Waals surface area contributed by atoms with Gasteiger partial charge in [-0.25, -0.2) is 0 Å². The molecule has 3 aromatic carbocycles. The van der Waals surface area contributed by atoms with Gasteiger partial charge >= 0.3 is 0 Å². The minimum absolute atomic E-state index is 0.541. The fraction of sp³-hybridized carbons (Fsp3) is 0.333. The number of halogens is 1. The Kier molecular flexibility index (Phi) is 10.0. The first kappa shape index (κ1) is 25.4. The summed E-state index contributed by atoms with van der Waals surface area (Å²) in [5.74, 6) is 0.683. The second kappa shape index (κ2) is 13.5. The SMILES string of the molecule is CCCCCCCOc1ccc(N=Nc2ccc(N=Nc3ccc(N(C)C)cc3)cc2)cc1Cl. The van der Waals surface area contributed by atoms with Crippen molar-refractivity contribution in [1.82, 2.24) is 0 Å². The zero-order chi connectivity index (χ0) is 24.2. The number of benzene rings is 3. The molecule has 34 heavy (non-hydrogen) atoms. The maximum absolute atomic E-state index is 6.35. The Balaban J connectivity index is 1.52. The highest BCUT2D eigenvalue weighted by Crippen LogP contribution is 2.30. The van der Waals surface area contributed by atoms with Gasteiger partial charge in [-0.1, -0.05) is 44.2 Å². The van der Waals surface area contributed by atoms with Crippen LogP contribution >= 0.6 is 11.6 Å². The van der Waals surface area contributed by atoms with Crippen LogP contribution in [0.15, 0.2) is 87.2 Å². The highest BCUT2D eigenvalue weighted by atomic mass is 35.5. The molecule has 3 rings (SSSR count). The van der Waals surface area contributed by atoms with E-state index in [0.717, 1.165) is 29.2 Å². The van der Waals surface area contributed by atoms with Crippen LogP contribution in [0.3, 0.4) is 0 Å². The molecule has 0 unspecified atom stereocenters. The molecule has 0 spiro atoms. The molecular formula is C27H32ClN5O. The Morgan fingerprint density at radius 1 is 0.676 bits per heavy atom. The molecule has 0 amide bonds. The molecule has 0 saturated heterocycles. The molecule has 0 bridgehead atoms. The Labute approximate surface area is 207 Å². The van der Waals surface area contributed by atoms with Crippen molar-refractivity contribution in [3.8, 4) is 5.75 Å². The largest absolute Gasteiger partial charge is 0.492 e. The zero-order valence-corrected chi connectivity index (χ0v) is 20.9. The highest BCUT2D eigenvalue weighted by Gasteiger charge is 2.03. The van der Waals surface area contributed by atoms with Crippen LogP contribution in [0.1, 0.15) is 39.0 Å². The number of ether oxygens (including phenoxy) is 1. The summed E-state index contributed by atoms with van der Waals surface area (Å²) in [7, 11) is 4.01. The van der Waals surface area contributed by atoms with Crippen LogP contribution in [0.2, 0.25) is 5.02 Å². The third-order valence-electron chi connectivity index (χ3n) is 5.20. The zero-order valence-electron chi connectivity index (χ0n) is 20.1. The summed E-state index contributed by atoms with van der Waals surface area (Å²) in [6.07, 6.45) is 5.99. The quantitative estimate of drug-likeness (QED) is 0.192. The number of unbranched alkanes of at least 4 members (excludes halogenated alkanes) is 4. The first-order valence-electron chi connectivity index (χ1n) is 11.7. The number of rotatable bonds is 12. The normalized spacial score (nSPS) is 11.4. The predicted octanol–water partition coefficient (Wildman–Crippen LogP) is 9.59. The molecule has 0 heterocycles. The van der Waals surface area contributed by atoms with Gasteiger partial charge in [0.1, 0.15) is 5.75 Å². The van der Waals surface area contributed by atoms with E-state index in [9.17, 15) is 0 Å². The molecule has 0 N–H and O–H groups in total. The van der Waals surface area contributed by atoms with Crippen LogP contribution in [0.4, 0.5) is 28.4 Å². The Morgan fingerprint density at radius 2 is 1.18 bits per heavy atom. The van der Waals surface area contributed by atoms with E-state index in [1.54, 1.807) is 6.07 Å². The Bertz CT molecular complexity index is 1080. The highest BCUT2D eigenvalue weighted by molar-refractivity contribution is 6.32. The molecular weight excluding hydrogens is 446 g/mol. The number of hydrogen-bond donors (Lipinski definition) is 0. The van der Waals surface area contributed by atoms with Gasteiger partial charge in [-0.3, -0.25) is 0 Å². The van der Waals surface area contributed by atoms with Gasteiger partial charge in [-0.05, 0) is 73.2 Å². The van der Waals surface area contributed by atoms with Crippen LogP contribution in [0.5, 0.6) is 5.75 Å². The van der Waals surface area contributed by atoms with Crippen molar-refractivity contribution in [2.75, 3.05) is 25.6 Å². The van der Waals surface area contributed by atoms with Crippen molar-refractivity contribution in [3.63, 3.8) is 0 Å². The third-order valence-corrected chi connectivity index (χ3v) is 5.49. The molecule has 0 aliphatic carbocycles. The van der Waals surface area contributed by atoms with Crippen molar-refractivity contribution in [1.29, 1.82) is 0 Å². The molecule has 0 atom stereocenters. The van der Waals surface area contributed by atoms with Gasteiger partial charge in [0, 0.05) is 19.8 Å². The van der Waals surface area contributed by atoms with Gasteiger partial charge in [-0.2, -0.15) is 20.5 Å². The smallest absolute Gasteiger partial charge is 0.138 e. The number of nitrogens with zero attached hydrogens (tertiary/aromatic N) is 5. The molecule has 0 saturated carbocycles. The van der Waals surface area contributed by atoms with Crippen molar-refractivity contribution >= 4 is 40.0 Å². The van der Waals surface area contributed by atoms with Gasteiger partial charge < -0.3 is 9.64 Å². The molecule has 0 aromatic heterocycles. The lowest BCUT2D eigenvalue weighted by molar-refractivity contribution is 0.305. The monoisotopic (exact) mass is 477 g/mol. The molecule has 0 fully saturated rings. The van der Waals surface area contributed by atoms with Gasteiger partial charge in [0.05, 0.1) is 34.4 Å². The van der Waals surface area contributed by atoms with Gasteiger partial charge in [-0.15, -0.1) is 0 Å². The van der Waals surface area contributed by atoms with E-state index >= 15 is 0 Å². The van der Waals surface area contributed by atoms with Gasteiger partial charge in [0.15, 0.2) is 0 Å². The average molecular weight is 478 g/mol. The topological polar surface area (TPSA) is 61.9 Å². The summed E-state index contributed by atoms with van der Waals surface area (Å²) in [6.45, 7) is 2.89. The summed E-state index contributed by atoms with van der Waals surface area (Å²) in [5.41, 5.74) is 4.06. The summed E-state index contributed by atoms with van der Waals surface area (Å²) < 4.78 is 5.79. The second-order valence-corrected chi connectivity index (χ2v) is 8.61. The lowest BCUT2D eigenvalue weighted by Gasteiger charge is -2.11. The van der Waals surface area contributed by atoms with Crippen LogP contribution in [0, 0.1) is 0 Å². The van der Waals surface area contributed by atoms with E-state index in [-0.39, 0.29) is 0 Å². The Hall–Kier alpha value is -3.25. The van der Waals surface area contributed by atoms with Crippen molar-refractivity contribution in [3.05, 3.63) is 71.8 Å². The van der Waals surface area contributed by atoms with Crippen LogP contribution < -0.4 is 9.64 Å². The molecule has 0 aliphatic heterocycles. The maximum Gasteiger partial charge on any atom is 0.138 e. The number of azo groups is 2. The van der Waals surface area contributed by atoms with E-state index in [0.29, 0.717) is 23.1 Å². The average Bonchev–Trinajstić information content (AvgIpc) is 2.85. The third kappa shape index (κ3) is 8.27. The summed E-state index contributed by atoms with van der Waals surface area (Å²) in [5, 5.41) is 17.7. The minimum Gasteiger partial charge on any atom is -0.492 e. The lowest BCUT2D eigenvalue weighted by Crippen LogP contribution is -2.07. The first-order valence-corrected chi connectivity index (χ1v) is 12.1. The van der Waals surface area contributed by atoms with E-state index in [1.807, 2.05) is 79.7 Å². The fourth-order valence-corrected chi connectivity index (χ4v) is 3.42. The fourth-order valence-electron chi connectivity index (χ4n) is 3.19. The van der Waals surface area contributed by atoms with Crippen molar-refractivity contribution < 1.29 is 4.74 Å². The maximum atomic E-state index is 6.35. The van der Waals surface area contributed by atoms with E-state index < -0.39 is 0 Å². The predicted molar refractivity (Wildman–Crippen MR) is 141 cm³/mol. The summed E-state index contributed by atoms with van der Waals surface area (Å²) in [6, 6.07) is 20.8. The van der Waals surface area contributed by atoms with Crippen molar-refractivity contribution in [2.45, 2.75) is 39.0 Å². The van der Waals surface area contributed by atoms with Crippen molar-refractivity contribution in [2.24, 2.45) is 20.5 Å². The van der Waals surface area contributed by atoms with Gasteiger partial charge in [0.2, 0.25) is 0 Å². The summed E-state index contributed by atoms with van der Waals surface area (Å²) in [4.78, 5) is 2.04. The summed E-state index contributed by atoms with van der Waals surface area (Å²) >= 11 is 6.35. The molecule has 6 nitrogen and oxygen atoms in total. The number of anilines is 1. The Morgan fingerprint density at radius 3 is 1.71 bits per heavy atom. The molecule has 7 heteroatoms. The van der Waals surface area contributed by atoms with Crippen LogP contribution in [-0.2, 0) is 0 Å². The van der Waals surface area contributed by atoms with E-state index in [1.165, 1.54) is 25.7 Å².